The highest BCUT2D eigenvalue weighted by Crippen LogP contribution is 2.37. The number of benzene rings is 1. The monoisotopic (exact) mass is 487 g/mol. The van der Waals surface area contributed by atoms with Gasteiger partial charge in [0.25, 0.3) is 0 Å². The summed E-state index contributed by atoms with van der Waals surface area (Å²) in [5.41, 5.74) is -1.77. The third kappa shape index (κ3) is 4.92. The van der Waals surface area contributed by atoms with E-state index in [0.717, 1.165) is 0 Å². The summed E-state index contributed by atoms with van der Waals surface area (Å²) in [4.78, 5) is 26.5. The van der Waals surface area contributed by atoms with Crippen molar-refractivity contribution < 1.29 is 22.7 Å². The average Bonchev–Trinajstić information content (AvgIpc) is 3.29. The Labute approximate surface area is 191 Å². The zero-order chi connectivity index (χ0) is 23.2. The number of hydrogen-bond donors (Lipinski definition) is 1. The van der Waals surface area contributed by atoms with E-state index in [4.69, 9.17) is 33.2 Å². The van der Waals surface area contributed by atoms with Crippen LogP contribution in [0.15, 0.2) is 23.1 Å². The average molecular weight is 488 g/mol. The van der Waals surface area contributed by atoms with Crippen LogP contribution >= 0.6 is 23.2 Å². The molecule has 1 saturated carbocycles. The molecule has 0 unspecified atom stereocenters. The van der Waals surface area contributed by atoms with E-state index < -0.39 is 38.4 Å². The maximum Gasteiger partial charge on any atom is 0.410 e. The molecule has 168 valence electrons. The van der Waals surface area contributed by atoms with Crippen molar-refractivity contribution >= 4 is 45.0 Å². The number of amides is 2. The molecule has 2 atom stereocenters. The molecule has 1 heterocycles. The van der Waals surface area contributed by atoms with Crippen molar-refractivity contribution in [3.05, 3.63) is 28.2 Å². The molecular formula is C20H23Cl2N3O5S. The first-order valence-corrected chi connectivity index (χ1v) is 12.0. The molecule has 2 amide bonds. The van der Waals surface area contributed by atoms with Crippen molar-refractivity contribution in [2.75, 3.05) is 6.54 Å². The maximum atomic E-state index is 13.2. The van der Waals surface area contributed by atoms with Crippen LogP contribution in [0.3, 0.4) is 0 Å². The fraction of sp³-hybridized carbons (Fsp3) is 0.550. The van der Waals surface area contributed by atoms with Crippen LogP contribution < -0.4 is 5.32 Å². The summed E-state index contributed by atoms with van der Waals surface area (Å²) in [6.07, 6.45) is -1.04. The lowest BCUT2D eigenvalue weighted by molar-refractivity contribution is -0.146. The zero-order valence-corrected chi connectivity index (χ0v) is 19.6. The normalized spacial score (nSPS) is 22.5. The number of alkyl carbamates (subject to hydrolysis) is 1. The van der Waals surface area contributed by atoms with Gasteiger partial charge in [-0.1, -0.05) is 44.0 Å². The van der Waals surface area contributed by atoms with Gasteiger partial charge in [-0.05, 0) is 31.0 Å². The van der Waals surface area contributed by atoms with Gasteiger partial charge in [0.15, 0.2) is 16.1 Å². The van der Waals surface area contributed by atoms with Crippen LogP contribution in [0.5, 0.6) is 0 Å². The number of likely N-dealkylation sites (tertiary alicyclic amines) is 1. The van der Waals surface area contributed by atoms with Gasteiger partial charge < -0.3 is 15.0 Å². The second-order valence-electron chi connectivity index (χ2n) is 8.86. The molecule has 1 saturated heterocycles. The first-order valence-electron chi connectivity index (χ1n) is 9.69. The number of hydrogen-bond acceptors (Lipinski definition) is 6. The van der Waals surface area contributed by atoms with Gasteiger partial charge in [-0.25, -0.2) is 13.2 Å². The molecule has 0 bridgehead atoms. The van der Waals surface area contributed by atoms with E-state index in [2.05, 4.69) is 5.32 Å². The third-order valence-corrected chi connectivity index (χ3v) is 8.15. The number of nitriles is 1. The molecule has 0 spiro atoms. The highest BCUT2D eigenvalue weighted by Gasteiger charge is 2.49. The highest BCUT2D eigenvalue weighted by atomic mass is 35.5. The molecule has 8 nitrogen and oxygen atoms in total. The van der Waals surface area contributed by atoms with Crippen LogP contribution in [0.1, 0.15) is 40.0 Å². The van der Waals surface area contributed by atoms with Gasteiger partial charge in [0.1, 0.15) is 5.54 Å². The van der Waals surface area contributed by atoms with E-state index in [1.54, 1.807) is 20.8 Å². The summed E-state index contributed by atoms with van der Waals surface area (Å²) in [5, 5.41) is 10.9. The molecule has 11 heteroatoms. The summed E-state index contributed by atoms with van der Waals surface area (Å²) >= 11 is 12.0. The SMILES string of the molecule is CC(C)(C)C(=O)N1C[C@H](S(=O)(=O)c2ccc(Cl)cc2Cl)C[C@@H]1OC(=O)NC1(C#N)CC1. The van der Waals surface area contributed by atoms with E-state index >= 15 is 0 Å². The van der Waals surface area contributed by atoms with Crippen molar-refractivity contribution in [1.29, 1.82) is 5.26 Å². The predicted octanol–water partition coefficient (Wildman–Crippen LogP) is 3.52. The Morgan fingerprint density at radius 2 is 1.94 bits per heavy atom. The Bertz CT molecular complexity index is 1060. The Morgan fingerprint density at radius 3 is 2.45 bits per heavy atom. The van der Waals surface area contributed by atoms with Crippen LogP contribution in [0.4, 0.5) is 4.79 Å². The van der Waals surface area contributed by atoms with Crippen LogP contribution in [-0.4, -0.2) is 48.9 Å². The summed E-state index contributed by atoms with van der Waals surface area (Å²) in [5.74, 6) is -0.355. The first kappa shape index (κ1) is 23.6. The van der Waals surface area contributed by atoms with E-state index in [0.29, 0.717) is 17.9 Å². The number of nitrogens with one attached hydrogen (secondary N) is 1. The Kier molecular flexibility index (Phi) is 6.22. The molecule has 0 aromatic heterocycles. The van der Waals surface area contributed by atoms with Gasteiger partial charge in [0, 0.05) is 23.4 Å². The van der Waals surface area contributed by atoms with Gasteiger partial charge in [-0.2, -0.15) is 5.26 Å². The van der Waals surface area contributed by atoms with Crippen molar-refractivity contribution in [1.82, 2.24) is 10.2 Å². The van der Waals surface area contributed by atoms with E-state index in [-0.39, 0.29) is 28.8 Å². The number of nitrogens with zero attached hydrogens (tertiary/aromatic N) is 2. The fourth-order valence-corrected chi connectivity index (χ4v) is 5.82. The van der Waals surface area contributed by atoms with Gasteiger partial charge in [0.2, 0.25) is 5.91 Å². The van der Waals surface area contributed by atoms with E-state index in [9.17, 15) is 18.0 Å². The number of sulfone groups is 1. The zero-order valence-electron chi connectivity index (χ0n) is 17.3. The Hall–Kier alpha value is -2.02. The first-order chi connectivity index (χ1) is 14.3. The van der Waals surface area contributed by atoms with Gasteiger partial charge in [0.05, 0.1) is 21.2 Å². The van der Waals surface area contributed by atoms with Gasteiger partial charge >= 0.3 is 6.09 Å². The summed E-state index contributed by atoms with van der Waals surface area (Å²) in [6.45, 7) is 4.93. The van der Waals surface area contributed by atoms with Gasteiger partial charge in [-0.3, -0.25) is 4.79 Å². The third-order valence-electron chi connectivity index (χ3n) is 5.30. The Morgan fingerprint density at radius 1 is 1.29 bits per heavy atom. The lowest BCUT2D eigenvalue weighted by Gasteiger charge is -2.30. The van der Waals surface area contributed by atoms with Crippen molar-refractivity contribution in [3.63, 3.8) is 0 Å². The van der Waals surface area contributed by atoms with Gasteiger partial charge in [-0.15, -0.1) is 0 Å². The Balaban J connectivity index is 1.86. The smallest absolute Gasteiger partial charge is 0.410 e. The molecule has 3 rings (SSSR count). The van der Waals surface area contributed by atoms with E-state index in [1.165, 1.54) is 23.1 Å². The molecule has 1 aromatic rings. The standard InChI is InChI=1S/C20H23Cl2N3O5S/c1-19(2,3)17(26)25-10-13(31(28,29)15-5-4-12(21)8-14(15)22)9-16(25)30-18(27)24-20(11-23)6-7-20/h4-5,8,13,16H,6-7,9-10H2,1-3H3,(H,24,27)/t13-,16+/m1/s1. The second-order valence-corrected chi connectivity index (χ2v) is 11.9. The largest absolute Gasteiger partial charge is 0.425 e. The molecule has 0 radical (unpaired) electrons. The number of carbonyl (C=O) groups excluding carboxylic acids is 2. The lowest BCUT2D eigenvalue weighted by Crippen LogP contribution is -2.47. The molecule has 31 heavy (non-hydrogen) atoms. The van der Waals surface area contributed by atoms with Crippen molar-refractivity contribution in [2.24, 2.45) is 5.41 Å². The maximum absolute atomic E-state index is 13.2. The minimum atomic E-state index is -3.94. The van der Waals surface area contributed by atoms with E-state index in [1.807, 2.05) is 6.07 Å². The molecule has 2 aliphatic rings. The molecule has 1 aliphatic carbocycles. The molecule has 1 aromatic carbocycles. The quantitative estimate of drug-likeness (QED) is 0.693. The summed E-state index contributed by atoms with van der Waals surface area (Å²) in [7, 11) is -3.94. The van der Waals surface area contributed by atoms with Crippen LogP contribution in [0.2, 0.25) is 10.0 Å². The molecule has 1 N–H and O–H groups in total. The molecule has 2 fully saturated rings. The fourth-order valence-electron chi connectivity index (χ4n) is 3.37. The minimum Gasteiger partial charge on any atom is -0.425 e. The molecule has 1 aliphatic heterocycles. The topological polar surface area (TPSA) is 117 Å². The van der Waals surface area contributed by atoms with Crippen LogP contribution in [-0.2, 0) is 19.4 Å². The van der Waals surface area contributed by atoms with Crippen LogP contribution in [0, 0.1) is 16.7 Å². The predicted molar refractivity (Wildman–Crippen MR) is 114 cm³/mol. The number of carbonyl (C=O) groups is 2. The van der Waals surface area contributed by atoms with Crippen molar-refractivity contribution in [2.45, 2.75) is 61.9 Å². The second kappa shape index (κ2) is 8.15. The van der Waals surface area contributed by atoms with Crippen molar-refractivity contribution in [3.8, 4) is 6.07 Å². The number of halogens is 2. The molecular weight excluding hydrogens is 465 g/mol. The number of rotatable bonds is 4. The summed E-state index contributed by atoms with van der Waals surface area (Å²) < 4.78 is 31.9. The number of ether oxygens (including phenoxy) is 1. The minimum absolute atomic E-state index is 0.0204. The summed E-state index contributed by atoms with van der Waals surface area (Å²) in [6, 6.07) is 6.10. The highest BCUT2D eigenvalue weighted by molar-refractivity contribution is 7.92. The van der Waals surface area contributed by atoms with Crippen LogP contribution in [0.25, 0.3) is 0 Å². The lowest BCUT2D eigenvalue weighted by atomic mass is 9.95.